The number of thiazole rings is 1. The number of pyridine rings is 1. The van der Waals surface area contributed by atoms with Crippen LogP contribution in [0.15, 0.2) is 66.3 Å². The molecule has 2 aromatic carbocycles. The number of piperidine rings is 1. The molecule has 7 rings (SSSR count). The molecule has 0 amide bonds. The number of rotatable bonds is 9. The average molecular weight is 595 g/mol. The third-order valence-corrected chi connectivity index (χ3v) is 9.38. The van der Waals surface area contributed by atoms with Crippen molar-refractivity contribution in [3.05, 3.63) is 105 Å². The molecule has 0 bridgehead atoms. The third-order valence-electron chi connectivity index (χ3n) is 8.61. The number of carboxylic acids is 1. The van der Waals surface area contributed by atoms with E-state index in [2.05, 4.69) is 20.5 Å². The number of likely N-dealkylation sites (tertiary alicyclic amines) is 1. The van der Waals surface area contributed by atoms with Crippen LogP contribution in [-0.4, -0.2) is 48.6 Å². The first-order valence-electron chi connectivity index (χ1n) is 14.0. The number of aromatic carboxylic acids is 1. The van der Waals surface area contributed by atoms with Crippen LogP contribution < -0.4 is 4.74 Å². The predicted molar refractivity (Wildman–Crippen MR) is 157 cm³/mol. The first-order valence-corrected chi connectivity index (χ1v) is 14.9. The summed E-state index contributed by atoms with van der Waals surface area (Å²) in [4.78, 5) is 29.1. The van der Waals surface area contributed by atoms with Crippen LogP contribution in [0.5, 0.6) is 5.88 Å². The van der Waals surface area contributed by atoms with Crippen molar-refractivity contribution in [1.29, 1.82) is 5.26 Å². The Morgan fingerprint density at radius 2 is 2.09 bits per heavy atom. The minimum absolute atomic E-state index is 0.00866. The second-order valence-electron chi connectivity index (χ2n) is 11.2. The standard InChI is InChI=1S/C32H27FN6O3S/c33-25-10-20(13-34)4-5-22(25)18-42-30-3-1-2-28(37-30)32-8-9-38(15-23(32)12-32)17-29-36-26-7-6-21(31(40)41)11-27(26)39(29)16-24-14-35-19-43-24/h1-7,10-11,14,19,23H,8-9,12,15-18H2,(H,40,41)/t23-,32?/m1/s1. The maximum Gasteiger partial charge on any atom is 0.335 e. The maximum atomic E-state index is 14.3. The molecule has 1 aliphatic heterocycles. The highest BCUT2D eigenvalue weighted by Gasteiger charge is 2.58. The van der Waals surface area contributed by atoms with Crippen LogP contribution in [0.3, 0.4) is 0 Å². The summed E-state index contributed by atoms with van der Waals surface area (Å²) in [6.45, 7) is 3.07. The molecule has 1 aliphatic carbocycles. The molecule has 43 heavy (non-hydrogen) atoms. The summed E-state index contributed by atoms with van der Waals surface area (Å²) in [6, 6.07) is 17.2. The normalized spacial score (nSPS) is 19.6. The van der Waals surface area contributed by atoms with Crippen LogP contribution in [0.1, 0.15) is 50.7 Å². The number of aromatic nitrogens is 4. The average Bonchev–Trinajstić information content (AvgIpc) is 3.33. The Balaban J connectivity index is 1.05. The van der Waals surface area contributed by atoms with E-state index < -0.39 is 11.8 Å². The van der Waals surface area contributed by atoms with Crippen LogP contribution >= 0.6 is 11.3 Å². The molecule has 3 aromatic heterocycles. The van der Waals surface area contributed by atoms with E-state index in [0.29, 0.717) is 30.5 Å². The Bertz CT molecular complexity index is 1880. The minimum Gasteiger partial charge on any atom is -0.478 e. The van der Waals surface area contributed by atoms with Gasteiger partial charge in [0.25, 0.3) is 0 Å². The molecule has 216 valence electrons. The van der Waals surface area contributed by atoms with Crippen molar-refractivity contribution in [3.63, 3.8) is 0 Å². The lowest BCUT2D eigenvalue weighted by molar-refractivity contribution is 0.0697. The molecule has 4 heterocycles. The second-order valence-corrected chi connectivity index (χ2v) is 12.2. The van der Waals surface area contributed by atoms with Crippen molar-refractivity contribution < 1.29 is 19.0 Å². The molecule has 1 saturated carbocycles. The number of hydrogen-bond donors (Lipinski definition) is 1. The number of fused-ring (bicyclic) bond motifs is 2. The smallest absolute Gasteiger partial charge is 0.335 e. The number of carbonyl (C=O) groups is 1. The number of halogens is 1. The van der Waals surface area contributed by atoms with Gasteiger partial charge in [-0.3, -0.25) is 9.88 Å². The van der Waals surface area contributed by atoms with E-state index in [9.17, 15) is 14.3 Å². The van der Waals surface area contributed by atoms with Gasteiger partial charge in [-0.15, -0.1) is 11.3 Å². The molecule has 2 aliphatic rings. The van der Waals surface area contributed by atoms with Gasteiger partial charge in [-0.25, -0.2) is 19.2 Å². The number of benzene rings is 2. The Morgan fingerprint density at radius 3 is 2.86 bits per heavy atom. The highest BCUT2D eigenvalue weighted by atomic mass is 32.1. The fraction of sp³-hybridized carbons (Fsp3) is 0.281. The zero-order valence-electron chi connectivity index (χ0n) is 23.1. The van der Waals surface area contributed by atoms with Crippen LogP contribution in [0.4, 0.5) is 4.39 Å². The number of carboxylic acid groups (broad SMARTS) is 1. The number of nitriles is 1. The van der Waals surface area contributed by atoms with Gasteiger partial charge in [-0.2, -0.15) is 5.26 Å². The van der Waals surface area contributed by atoms with Gasteiger partial charge < -0.3 is 14.4 Å². The molecule has 0 radical (unpaired) electrons. The van der Waals surface area contributed by atoms with Crippen molar-refractivity contribution in [2.24, 2.45) is 5.92 Å². The molecule has 1 saturated heterocycles. The van der Waals surface area contributed by atoms with Crippen molar-refractivity contribution in [3.8, 4) is 11.9 Å². The summed E-state index contributed by atoms with van der Waals surface area (Å²) < 4.78 is 22.3. The van der Waals surface area contributed by atoms with Gasteiger partial charge in [-0.1, -0.05) is 12.1 Å². The second kappa shape index (κ2) is 10.9. The molecule has 9 nitrogen and oxygen atoms in total. The lowest BCUT2D eigenvalue weighted by atomic mass is 9.91. The first kappa shape index (κ1) is 27.2. The van der Waals surface area contributed by atoms with Crippen LogP contribution in [0.2, 0.25) is 0 Å². The van der Waals surface area contributed by atoms with E-state index in [1.54, 1.807) is 53.2 Å². The van der Waals surface area contributed by atoms with Crippen LogP contribution in [0, 0.1) is 23.1 Å². The van der Waals surface area contributed by atoms with E-state index in [1.165, 1.54) is 6.07 Å². The fourth-order valence-corrected chi connectivity index (χ4v) is 6.79. The molecular weight excluding hydrogens is 567 g/mol. The van der Waals surface area contributed by atoms with Gasteiger partial charge in [0.05, 0.1) is 52.5 Å². The fourth-order valence-electron chi connectivity index (χ4n) is 6.21. The molecule has 0 spiro atoms. The summed E-state index contributed by atoms with van der Waals surface area (Å²) in [5.74, 6) is 0.396. The predicted octanol–water partition coefficient (Wildman–Crippen LogP) is 5.39. The van der Waals surface area contributed by atoms with Gasteiger partial charge >= 0.3 is 5.97 Å². The van der Waals surface area contributed by atoms with Crippen LogP contribution in [-0.2, 0) is 25.1 Å². The first-order chi connectivity index (χ1) is 20.9. The van der Waals surface area contributed by atoms with Gasteiger partial charge in [-0.05, 0) is 61.7 Å². The number of nitrogens with zero attached hydrogens (tertiary/aromatic N) is 6. The Hall–Kier alpha value is -4.66. The Labute approximate surface area is 250 Å². The summed E-state index contributed by atoms with van der Waals surface area (Å²) >= 11 is 1.57. The lowest BCUT2D eigenvalue weighted by Crippen LogP contribution is -2.37. The number of hydrogen-bond acceptors (Lipinski definition) is 8. The molecule has 2 atom stereocenters. The maximum absolute atomic E-state index is 14.3. The molecule has 5 aromatic rings. The molecular formula is C32H27FN6O3S. The topological polar surface area (TPSA) is 117 Å². The van der Waals surface area contributed by atoms with E-state index in [-0.39, 0.29) is 23.1 Å². The van der Waals surface area contributed by atoms with E-state index in [4.69, 9.17) is 20.0 Å². The third kappa shape index (κ3) is 5.24. The van der Waals surface area contributed by atoms with E-state index in [0.717, 1.165) is 53.4 Å². The largest absolute Gasteiger partial charge is 0.478 e. The Kier molecular flexibility index (Phi) is 6.88. The van der Waals surface area contributed by atoms with Crippen molar-refractivity contribution in [1.82, 2.24) is 24.4 Å². The van der Waals surface area contributed by atoms with Gasteiger partial charge in [0.2, 0.25) is 5.88 Å². The van der Waals surface area contributed by atoms with Gasteiger partial charge in [0.15, 0.2) is 0 Å². The summed E-state index contributed by atoms with van der Waals surface area (Å²) in [5.41, 5.74) is 5.30. The lowest BCUT2D eigenvalue weighted by Gasteiger charge is -2.31. The molecule has 11 heteroatoms. The minimum atomic E-state index is -0.959. The quantitative estimate of drug-likeness (QED) is 0.242. The zero-order chi connectivity index (χ0) is 29.6. The van der Waals surface area contributed by atoms with E-state index >= 15 is 0 Å². The Morgan fingerprint density at radius 1 is 1.19 bits per heavy atom. The summed E-state index contributed by atoms with van der Waals surface area (Å²) in [6.07, 6.45) is 3.84. The van der Waals surface area contributed by atoms with Gasteiger partial charge in [0, 0.05) is 34.7 Å². The molecule has 1 N–H and O–H groups in total. The van der Waals surface area contributed by atoms with Crippen molar-refractivity contribution in [2.75, 3.05) is 13.1 Å². The van der Waals surface area contributed by atoms with Crippen molar-refractivity contribution >= 4 is 28.3 Å². The highest BCUT2D eigenvalue weighted by molar-refractivity contribution is 7.09. The molecule has 1 unspecified atom stereocenters. The SMILES string of the molecule is N#Cc1ccc(COc2cccc(C34CCN(Cc5nc6ccc(C(=O)O)cc6n5Cc5cncs5)C[C@H]3C4)n2)c(F)c1. The van der Waals surface area contributed by atoms with E-state index in [1.807, 2.05) is 18.3 Å². The molecule has 2 fully saturated rings. The zero-order valence-corrected chi connectivity index (χ0v) is 23.9. The van der Waals surface area contributed by atoms with Crippen molar-refractivity contribution in [2.45, 2.75) is 38.0 Å². The van der Waals surface area contributed by atoms with Gasteiger partial charge in [0.1, 0.15) is 18.2 Å². The number of imidazole rings is 1. The monoisotopic (exact) mass is 594 g/mol. The summed E-state index contributed by atoms with van der Waals surface area (Å²) in [7, 11) is 0. The van der Waals surface area contributed by atoms with Crippen LogP contribution in [0.25, 0.3) is 11.0 Å². The number of ether oxygens (including phenoxy) is 1. The summed E-state index contributed by atoms with van der Waals surface area (Å²) in [5, 5.41) is 18.5. The highest BCUT2D eigenvalue weighted by Crippen LogP contribution is 2.59.